The molecule has 2 aliphatic rings. The zero-order chi connectivity index (χ0) is 19.5. The lowest BCUT2D eigenvalue weighted by molar-refractivity contribution is -0.144. The number of rotatable bonds is 9. The fraction of sp³-hybridized carbons (Fsp3) is 0.500. The number of carbonyl (C=O) groups excluding carboxylic acids is 2. The third kappa shape index (κ3) is 4.55. The van der Waals surface area contributed by atoms with Crippen molar-refractivity contribution in [1.29, 1.82) is 0 Å². The van der Waals surface area contributed by atoms with Crippen LogP contribution in [0.25, 0.3) is 0 Å². The molecule has 1 heterocycles. The molecule has 7 nitrogen and oxygen atoms in total. The van der Waals surface area contributed by atoms with Gasteiger partial charge in [0.15, 0.2) is 5.16 Å². The number of nitrogens with zero attached hydrogens (tertiary/aromatic N) is 3. The van der Waals surface area contributed by atoms with Gasteiger partial charge in [-0.2, -0.15) is 0 Å². The Kier molecular flexibility index (Phi) is 5.66. The predicted octanol–water partition coefficient (Wildman–Crippen LogP) is 2.48. The molecule has 1 N–H and O–H groups in total. The molecule has 0 aliphatic heterocycles. The second-order valence-corrected chi connectivity index (χ2v) is 8.28. The van der Waals surface area contributed by atoms with Crippen molar-refractivity contribution in [1.82, 2.24) is 20.1 Å². The molecule has 8 heteroatoms. The fourth-order valence-electron chi connectivity index (χ4n) is 3.23. The van der Waals surface area contributed by atoms with Crippen LogP contribution in [0.2, 0.25) is 0 Å². The maximum atomic E-state index is 12.5. The fourth-order valence-corrected chi connectivity index (χ4v) is 4.06. The molecule has 1 atom stereocenters. The lowest BCUT2D eigenvalue weighted by Gasteiger charge is -2.16. The number of amides is 1. The smallest absolute Gasteiger partial charge is 0.328 e. The Hall–Kier alpha value is -2.35. The lowest BCUT2D eigenvalue weighted by atomic mass is 10.1. The summed E-state index contributed by atoms with van der Waals surface area (Å²) in [6.45, 7) is 0. The number of thioether (sulfide) groups is 1. The molecule has 0 bridgehead atoms. The molecule has 2 aliphatic carbocycles. The van der Waals surface area contributed by atoms with E-state index in [4.69, 9.17) is 4.74 Å². The van der Waals surface area contributed by atoms with Gasteiger partial charge in [-0.3, -0.25) is 4.79 Å². The largest absolute Gasteiger partial charge is 0.467 e. The molecule has 0 spiro atoms. The van der Waals surface area contributed by atoms with Gasteiger partial charge in [-0.1, -0.05) is 42.1 Å². The number of nitrogens with one attached hydrogen (secondary N) is 1. The van der Waals surface area contributed by atoms with Crippen molar-refractivity contribution in [3.8, 4) is 0 Å². The monoisotopic (exact) mass is 400 g/mol. The lowest BCUT2D eigenvalue weighted by Crippen LogP contribution is -2.43. The number of benzene rings is 1. The first-order valence-corrected chi connectivity index (χ1v) is 10.6. The highest BCUT2D eigenvalue weighted by molar-refractivity contribution is 7.99. The van der Waals surface area contributed by atoms with Crippen LogP contribution in [-0.2, 0) is 20.7 Å². The summed E-state index contributed by atoms with van der Waals surface area (Å²) in [4.78, 5) is 24.6. The van der Waals surface area contributed by atoms with Gasteiger partial charge in [-0.15, -0.1) is 10.2 Å². The minimum atomic E-state index is -0.705. The Morgan fingerprint density at radius 3 is 2.61 bits per heavy atom. The third-order valence-electron chi connectivity index (χ3n) is 4.98. The number of hydrogen-bond donors (Lipinski definition) is 1. The van der Waals surface area contributed by atoms with E-state index in [1.54, 1.807) is 0 Å². The first kappa shape index (κ1) is 19.0. The van der Waals surface area contributed by atoms with Gasteiger partial charge < -0.3 is 14.6 Å². The molecular formula is C20H24N4O3S. The first-order chi connectivity index (χ1) is 13.7. The maximum absolute atomic E-state index is 12.5. The number of ether oxygens (including phenoxy) is 1. The summed E-state index contributed by atoms with van der Waals surface area (Å²) in [7, 11) is 1.33. The van der Waals surface area contributed by atoms with Crippen LogP contribution in [0, 0.1) is 0 Å². The van der Waals surface area contributed by atoms with Crippen LogP contribution in [-0.4, -0.2) is 45.5 Å². The Bertz CT molecular complexity index is 846. The minimum Gasteiger partial charge on any atom is -0.467 e. The highest BCUT2D eigenvalue weighted by Crippen LogP contribution is 2.45. The van der Waals surface area contributed by atoms with Crippen molar-refractivity contribution in [3.05, 3.63) is 41.7 Å². The third-order valence-corrected chi connectivity index (χ3v) is 5.92. The summed E-state index contributed by atoms with van der Waals surface area (Å²) < 4.78 is 7.08. The van der Waals surface area contributed by atoms with Gasteiger partial charge >= 0.3 is 5.97 Å². The van der Waals surface area contributed by atoms with Crippen molar-refractivity contribution in [2.75, 3.05) is 12.9 Å². The maximum Gasteiger partial charge on any atom is 0.328 e. The Labute approximate surface area is 168 Å². The Morgan fingerprint density at radius 1 is 1.21 bits per heavy atom. The van der Waals surface area contributed by atoms with Gasteiger partial charge in [0.05, 0.1) is 12.9 Å². The second kappa shape index (κ2) is 8.34. The van der Waals surface area contributed by atoms with Gasteiger partial charge in [0.25, 0.3) is 0 Å². The quantitative estimate of drug-likeness (QED) is 0.514. The van der Waals surface area contributed by atoms with Crippen molar-refractivity contribution in [2.24, 2.45) is 0 Å². The van der Waals surface area contributed by atoms with E-state index in [9.17, 15) is 9.59 Å². The molecule has 148 valence electrons. The molecule has 0 radical (unpaired) electrons. The van der Waals surface area contributed by atoms with Crippen LogP contribution in [0.4, 0.5) is 0 Å². The minimum absolute atomic E-state index is 0.192. The molecule has 1 aromatic heterocycles. The Morgan fingerprint density at radius 2 is 1.96 bits per heavy atom. The molecule has 4 rings (SSSR count). The van der Waals surface area contributed by atoms with E-state index in [1.807, 2.05) is 30.3 Å². The second-order valence-electron chi connectivity index (χ2n) is 7.34. The van der Waals surface area contributed by atoms with Crippen molar-refractivity contribution in [3.63, 3.8) is 0 Å². The van der Waals surface area contributed by atoms with E-state index in [0.717, 1.165) is 29.4 Å². The summed E-state index contributed by atoms with van der Waals surface area (Å²) in [5.41, 5.74) is 0.966. The molecule has 0 unspecified atom stereocenters. The van der Waals surface area contributed by atoms with E-state index in [1.165, 1.54) is 31.7 Å². The zero-order valence-corrected chi connectivity index (χ0v) is 16.7. The van der Waals surface area contributed by atoms with E-state index in [0.29, 0.717) is 18.4 Å². The van der Waals surface area contributed by atoms with Crippen LogP contribution in [0.5, 0.6) is 0 Å². The average molecular weight is 401 g/mol. The number of carbonyl (C=O) groups is 2. The number of aromatic nitrogens is 3. The van der Waals surface area contributed by atoms with E-state index in [2.05, 4.69) is 20.1 Å². The first-order valence-electron chi connectivity index (χ1n) is 9.64. The SMILES string of the molecule is COC(=O)[C@@H](Cc1ccccc1)NC(=O)CSc1nnc(C2CC2)n1C1CC1. The topological polar surface area (TPSA) is 86.1 Å². The molecule has 0 saturated heterocycles. The summed E-state index contributed by atoms with van der Waals surface area (Å²) in [6.07, 6.45) is 5.05. The summed E-state index contributed by atoms with van der Waals surface area (Å²) >= 11 is 1.38. The van der Waals surface area contributed by atoms with Crippen LogP contribution < -0.4 is 5.32 Å². The van der Waals surface area contributed by atoms with E-state index in [-0.39, 0.29) is 11.7 Å². The number of hydrogen-bond acceptors (Lipinski definition) is 6. The van der Waals surface area contributed by atoms with Crippen LogP contribution in [0.15, 0.2) is 35.5 Å². The molecule has 28 heavy (non-hydrogen) atoms. The standard InChI is InChI=1S/C20H24N4O3S/c1-27-19(26)16(11-13-5-3-2-4-6-13)21-17(25)12-28-20-23-22-18(14-7-8-14)24(20)15-9-10-15/h2-6,14-16H,7-12H2,1H3,(H,21,25)/t16-/m1/s1. The summed E-state index contributed by atoms with van der Waals surface area (Å²) in [5, 5.41) is 12.3. The molecule has 2 saturated carbocycles. The van der Waals surface area contributed by atoms with Crippen LogP contribution in [0.1, 0.15) is 49.0 Å². The van der Waals surface area contributed by atoms with Crippen molar-refractivity contribution in [2.45, 2.75) is 55.3 Å². The number of esters is 1. The van der Waals surface area contributed by atoms with Crippen LogP contribution in [0.3, 0.4) is 0 Å². The van der Waals surface area contributed by atoms with Gasteiger partial charge in [0.1, 0.15) is 11.9 Å². The van der Waals surface area contributed by atoms with E-state index >= 15 is 0 Å². The number of methoxy groups -OCH3 is 1. The summed E-state index contributed by atoms with van der Waals surface area (Å²) in [6, 6.07) is 9.36. The molecule has 1 amide bonds. The Balaban J connectivity index is 1.37. The van der Waals surface area contributed by atoms with Crippen molar-refractivity contribution < 1.29 is 14.3 Å². The van der Waals surface area contributed by atoms with Crippen LogP contribution >= 0.6 is 11.8 Å². The van der Waals surface area contributed by atoms with Crippen molar-refractivity contribution >= 4 is 23.6 Å². The normalized spacial score (nSPS) is 17.2. The molecule has 1 aromatic carbocycles. The van der Waals surface area contributed by atoms with E-state index < -0.39 is 12.0 Å². The molecule has 2 fully saturated rings. The molecule has 2 aromatic rings. The van der Waals surface area contributed by atoms with Gasteiger partial charge in [0.2, 0.25) is 5.91 Å². The highest BCUT2D eigenvalue weighted by Gasteiger charge is 2.36. The highest BCUT2D eigenvalue weighted by atomic mass is 32.2. The summed E-state index contributed by atoms with van der Waals surface area (Å²) in [5.74, 6) is 1.14. The zero-order valence-electron chi connectivity index (χ0n) is 15.8. The van der Waals surface area contributed by atoms with Gasteiger partial charge in [-0.25, -0.2) is 4.79 Å². The average Bonchev–Trinajstić information content (AvgIpc) is 3.64. The van der Waals surface area contributed by atoms with Gasteiger partial charge in [-0.05, 0) is 31.2 Å². The van der Waals surface area contributed by atoms with Gasteiger partial charge in [0, 0.05) is 18.4 Å². The predicted molar refractivity (Wildman–Crippen MR) is 105 cm³/mol. The molecular weight excluding hydrogens is 376 g/mol.